The lowest BCUT2D eigenvalue weighted by atomic mass is 10.2. The van der Waals surface area contributed by atoms with Crippen molar-refractivity contribution in [1.82, 2.24) is 0 Å². The number of sulfone groups is 1. The van der Waals surface area contributed by atoms with Gasteiger partial charge in [0, 0.05) is 0 Å². The third-order valence-corrected chi connectivity index (χ3v) is 3.90. The Balaban J connectivity index is 3.14. The molecule has 0 aliphatic rings. The Morgan fingerprint density at radius 3 is 2.47 bits per heavy atom. The number of halogens is 2. The van der Waals surface area contributed by atoms with E-state index < -0.39 is 32.4 Å². The molecule has 106 valence electrons. The summed E-state index contributed by atoms with van der Waals surface area (Å²) in [6, 6.07) is 4.13. The lowest BCUT2D eigenvalue weighted by Gasteiger charge is -2.13. The quantitative estimate of drug-likeness (QED) is 0.857. The number of para-hydroxylation sites is 1. The van der Waals surface area contributed by atoms with E-state index in [0.717, 1.165) is 6.07 Å². The van der Waals surface area contributed by atoms with Crippen molar-refractivity contribution < 1.29 is 22.0 Å². The number of rotatable bonds is 5. The lowest BCUT2D eigenvalue weighted by molar-refractivity contribution is -0.117. The van der Waals surface area contributed by atoms with Crippen LogP contribution >= 0.6 is 0 Å². The van der Waals surface area contributed by atoms with E-state index in [1.54, 1.807) is 6.92 Å². The molecule has 0 aromatic heterocycles. The third kappa shape index (κ3) is 3.48. The Kier molecular flexibility index (Phi) is 4.96. The standard InChI is InChI=1S/C11H14F2N2O3S/c1-2-7(14)10(16)15-8-5-3-4-6-9(8)19(17,18)11(12)13/h3-7,11H,2,14H2,1H3,(H,15,16). The van der Waals surface area contributed by atoms with Crippen LogP contribution in [0.15, 0.2) is 29.2 Å². The van der Waals surface area contributed by atoms with Crippen LogP contribution in [0.25, 0.3) is 0 Å². The maximum atomic E-state index is 12.5. The second kappa shape index (κ2) is 6.07. The average molecular weight is 292 g/mol. The van der Waals surface area contributed by atoms with Crippen LogP contribution < -0.4 is 11.1 Å². The van der Waals surface area contributed by atoms with Gasteiger partial charge in [-0.2, -0.15) is 8.78 Å². The van der Waals surface area contributed by atoms with Gasteiger partial charge in [0.2, 0.25) is 15.7 Å². The second-order valence-electron chi connectivity index (χ2n) is 3.81. The molecule has 0 heterocycles. The molecule has 0 fully saturated rings. The number of nitrogens with one attached hydrogen (secondary N) is 1. The molecule has 1 atom stereocenters. The minimum absolute atomic E-state index is 0.197. The van der Waals surface area contributed by atoms with Gasteiger partial charge in [0.25, 0.3) is 0 Å². The number of nitrogens with two attached hydrogens (primary N) is 1. The SMILES string of the molecule is CCC(N)C(=O)Nc1ccccc1S(=O)(=O)C(F)F. The van der Waals surface area contributed by atoms with E-state index in [9.17, 15) is 22.0 Å². The molecular weight excluding hydrogens is 278 g/mol. The Labute approximate surface area is 109 Å². The second-order valence-corrected chi connectivity index (χ2v) is 5.69. The molecule has 8 heteroatoms. The van der Waals surface area contributed by atoms with Gasteiger partial charge >= 0.3 is 5.76 Å². The van der Waals surface area contributed by atoms with Crippen molar-refractivity contribution in [3.8, 4) is 0 Å². The molecule has 1 rings (SSSR count). The molecule has 3 N–H and O–H groups in total. The third-order valence-electron chi connectivity index (χ3n) is 2.46. The molecule has 0 aliphatic heterocycles. The number of carbonyl (C=O) groups excluding carboxylic acids is 1. The van der Waals surface area contributed by atoms with Gasteiger partial charge in [0.1, 0.15) is 0 Å². The van der Waals surface area contributed by atoms with Crippen molar-refractivity contribution in [2.24, 2.45) is 5.73 Å². The number of hydrogen-bond donors (Lipinski definition) is 2. The Bertz CT molecular complexity index is 561. The largest absolute Gasteiger partial charge is 0.341 e. The molecule has 1 amide bonds. The lowest BCUT2D eigenvalue weighted by Crippen LogP contribution is -2.35. The van der Waals surface area contributed by atoms with Crippen LogP contribution in [0.1, 0.15) is 13.3 Å². The molecule has 1 unspecified atom stereocenters. The molecule has 0 saturated carbocycles. The highest BCUT2D eigenvalue weighted by atomic mass is 32.2. The summed E-state index contributed by atoms with van der Waals surface area (Å²) in [5.41, 5.74) is 5.28. The van der Waals surface area contributed by atoms with Crippen LogP contribution in [-0.2, 0) is 14.6 Å². The highest BCUT2D eigenvalue weighted by Crippen LogP contribution is 2.26. The molecule has 5 nitrogen and oxygen atoms in total. The van der Waals surface area contributed by atoms with Gasteiger partial charge in [0.05, 0.1) is 16.6 Å². The van der Waals surface area contributed by atoms with Crippen molar-refractivity contribution in [3.05, 3.63) is 24.3 Å². The van der Waals surface area contributed by atoms with E-state index in [-0.39, 0.29) is 5.69 Å². The van der Waals surface area contributed by atoms with E-state index in [0.29, 0.717) is 6.42 Å². The van der Waals surface area contributed by atoms with Crippen molar-refractivity contribution in [3.63, 3.8) is 0 Å². The fraction of sp³-hybridized carbons (Fsp3) is 0.364. The van der Waals surface area contributed by atoms with Gasteiger partial charge < -0.3 is 11.1 Å². The number of alkyl halides is 2. The van der Waals surface area contributed by atoms with Crippen LogP contribution in [0.4, 0.5) is 14.5 Å². The monoisotopic (exact) mass is 292 g/mol. The zero-order valence-electron chi connectivity index (χ0n) is 10.1. The summed E-state index contributed by atoms with van der Waals surface area (Å²) >= 11 is 0. The van der Waals surface area contributed by atoms with Crippen molar-refractivity contribution >= 4 is 21.4 Å². The number of benzene rings is 1. The Morgan fingerprint density at radius 2 is 1.95 bits per heavy atom. The zero-order valence-corrected chi connectivity index (χ0v) is 11.0. The maximum Gasteiger partial charge on any atom is 0.341 e. The van der Waals surface area contributed by atoms with E-state index in [4.69, 9.17) is 5.73 Å². The molecule has 0 spiro atoms. The van der Waals surface area contributed by atoms with Gasteiger partial charge in [0.15, 0.2) is 0 Å². The topological polar surface area (TPSA) is 89.3 Å². The first-order chi connectivity index (χ1) is 8.80. The Morgan fingerprint density at radius 1 is 1.37 bits per heavy atom. The van der Waals surface area contributed by atoms with E-state index in [1.165, 1.54) is 18.2 Å². The van der Waals surface area contributed by atoms with Crippen LogP contribution in [0.3, 0.4) is 0 Å². The number of anilines is 1. The van der Waals surface area contributed by atoms with Crippen molar-refractivity contribution in [2.75, 3.05) is 5.32 Å². The molecule has 1 aromatic carbocycles. The number of carbonyl (C=O) groups is 1. The summed E-state index contributed by atoms with van der Waals surface area (Å²) in [5.74, 6) is -4.18. The first kappa shape index (κ1) is 15.5. The molecule has 0 radical (unpaired) electrons. The molecule has 0 bridgehead atoms. The van der Waals surface area contributed by atoms with E-state index >= 15 is 0 Å². The van der Waals surface area contributed by atoms with Crippen molar-refractivity contribution in [1.29, 1.82) is 0 Å². The fourth-order valence-electron chi connectivity index (χ4n) is 1.32. The van der Waals surface area contributed by atoms with Gasteiger partial charge in [-0.25, -0.2) is 8.42 Å². The van der Waals surface area contributed by atoms with Crippen molar-refractivity contribution in [2.45, 2.75) is 30.0 Å². The van der Waals surface area contributed by atoms with Gasteiger partial charge in [-0.15, -0.1) is 0 Å². The fourth-order valence-corrected chi connectivity index (χ4v) is 2.21. The summed E-state index contributed by atoms with van der Waals surface area (Å²) in [6.07, 6.45) is 0.343. The van der Waals surface area contributed by atoms with Gasteiger partial charge in [-0.05, 0) is 18.6 Å². The molecule has 0 saturated heterocycles. The smallest absolute Gasteiger partial charge is 0.324 e. The predicted octanol–water partition coefficient (Wildman–Crippen LogP) is 1.36. The van der Waals surface area contributed by atoms with Crippen LogP contribution in [0.5, 0.6) is 0 Å². The van der Waals surface area contributed by atoms with E-state index in [1.807, 2.05) is 0 Å². The minimum Gasteiger partial charge on any atom is -0.324 e. The van der Waals surface area contributed by atoms with Crippen LogP contribution in [0.2, 0.25) is 0 Å². The molecule has 1 aromatic rings. The summed E-state index contributed by atoms with van der Waals surface area (Å²) in [7, 11) is -4.77. The molecule has 19 heavy (non-hydrogen) atoms. The average Bonchev–Trinajstić information content (AvgIpc) is 2.37. The number of hydrogen-bond acceptors (Lipinski definition) is 4. The predicted molar refractivity (Wildman–Crippen MR) is 66.5 cm³/mol. The normalized spacial score (nSPS) is 13.3. The highest BCUT2D eigenvalue weighted by molar-refractivity contribution is 7.91. The Hall–Kier alpha value is -1.54. The maximum absolute atomic E-state index is 12.5. The molecular formula is C11H14F2N2O3S. The summed E-state index contributed by atoms with van der Waals surface area (Å²) in [4.78, 5) is 11.0. The first-order valence-electron chi connectivity index (χ1n) is 5.48. The van der Waals surface area contributed by atoms with Gasteiger partial charge in [-0.1, -0.05) is 19.1 Å². The summed E-state index contributed by atoms with van der Waals surface area (Å²) in [6.45, 7) is 1.67. The van der Waals surface area contributed by atoms with E-state index in [2.05, 4.69) is 5.32 Å². The highest BCUT2D eigenvalue weighted by Gasteiger charge is 2.29. The minimum atomic E-state index is -4.77. The van der Waals surface area contributed by atoms with Gasteiger partial charge in [-0.3, -0.25) is 4.79 Å². The first-order valence-corrected chi connectivity index (χ1v) is 7.02. The van der Waals surface area contributed by atoms with Crippen LogP contribution in [-0.4, -0.2) is 26.1 Å². The molecule has 0 aliphatic carbocycles. The summed E-state index contributed by atoms with van der Waals surface area (Å²) < 4.78 is 47.9. The number of amides is 1. The van der Waals surface area contributed by atoms with Crippen LogP contribution in [0, 0.1) is 0 Å². The zero-order chi connectivity index (χ0) is 14.6. The summed E-state index contributed by atoms with van der Waals surface area (Å²) in [5, 5.41) is 2.25.